The molecule has 5 aromatic rings. The van der Waals surface area contributed by atoms with Crippen molar-refractivity contribution in [1.82, 2.24) is 15.0 Å². The van der Waals surface area contributed by atoms with Crippen LogP contribution >= 0.6 is 11.3 Å². The molecule has 2 N–H and O–H groups in total. The van der Waals surface area contributed by atoms with E-state index < -0.39 is 5.91 Å². The van der Waals surface area contributed by atoms with E-state index in [1.807, 2.05) is 18.2 Å². The number of carbonyl (C=O) groups is 1. The van der Waals surface area contributed by atoms with Crippen molar-refractivity contribution in [3.05, 3.63) is 101 Å². The quantitative estimate of drug-likeness (QED) is 0.307. The van der Waals surface area contributed by atoms with Crippen LogP contribution in [0.1, 0.15) is 15.9 Å². The Morgan fingerprint density at radius 1 is 1.03 bits per heavy atom. The van der Waals surface area contributed by atoms with Crippen molar-refractivity contribution in [2.45, 2.75) is 13.0 Å². The zero-order valence-electron chi connectivity index (χ0n) is 17.0. The van der Waals surface area contributed by atoms with E-state index in [0.717, 1.165) is 11.1 Å². The van der Waals surface area contributed by atoms with Crippen LogP contribution < -0.4 is 11.0 Å². The fraction of sp³-hybridized carbons (Fsp3) is 0.0800. The third kappa shape index (κ3) is 3.79. The van der Waals surface area contributed by atoms with E-state index >= 15 is 0 Å². The predicted octanol–water partition coefficient (Wildman–Crippen LogP) is 4.64. The largest absolute Gasteiger partial charge is 0.298 e. The molecule has 2 heterocycles. The number of hydrogen-bond acceptors (Lipinski definition) is 5. The molecular formula is C25H19N3O3S. The maximum atomic E-state index is 12.9. The lowest BCUT2D eigenvalue weighted by Crippen LogP contribution is -2.23. The summed E-state index contributed by atoms with van der Waals surface area (Å²) in [5.74, 6) is -0.667. The van der Waals surface area contributed by atoms with Gasteiger partial charge in [0.1, 0.15) is 0 Å². The van der Waals surface area contributed by atoms with Gasteiger partial charge in [-0.05, 0) is 53.3 Å². The number of hydroxylamine groups is 1. The summed E-state index contributed by atoms with van der Waals surface area (Å²) in [6.07, 6.45) is 2.20. The lowest BCUT2D eigenvalue weighted by molar-refractivity contribution is 0.0706. The number of nitrogens with zero attached hydrogens (tertiary/aromatic N) is 2. The number of benzene rings is 3. The minimum absolute atomic E-state index is 0.202. The van der Waals surface area contributed by atoms with Crippen molar-refractivity contribution in [1.29, 1.82) is 0 Å². The van der Waals surface area contributed by atoms with Crippen LogP contribution in [0.5, 0.6) is 0 Å². The molecule has 0 unspecified atom stereocenters. The highest BCUT2D eigenvalue weighted by Gasteiger charge is 2.10. The first-order valence-corrected chi connectivity index (χ1v) is 11.0. The van der Waals surface area contributed by atoms with Crippen molar-refractivity contribution >= 4 is 38.2 Å². The van der Waals surface area contributed by atoms with Gasteiger partial charge in [0.05, 0.1) is 17.2 Å². The van der Waals surface area contributed by atoms with Gasteiger partial charge in [0.15, 0.2) is 0 Å². The Bertz CT molecular complexity index is 1490. The Morgan fingerprint density at radius 3 is 2.75 bits per heavy atom. The fourth-order valence-electron chi connectivity index (χ4n) is 3.78. The number of carbonyl (C=O) groups excluding carboxylic acids is 1. The minimum atomic E-state index is -0.667. The van der Waals surface area contributed by atoms with Gasteiger partial charge in [-0.15, -0.1) is 11.3 Å². The molecule has 158 valence electrons. The van der Waals surface area contributed by atoms with Gasteiger partial charge in [-0.25, -0.2) is 10.5 Å². The highest BCUT2D eigenvalue weighted by molar-refractivity contribution is 7.22. The van der Waals surface area contributed by atoms with Crippen LogP contribution in [-0.2, 0) is 13.0 Å². The predicted molar refractivity (Wildman–Crippen MR) is 126 cm³/mol. The van der Waals surface area contributed by atoms with Gasteiger partial charge in [0.2, 0.25) is 0 Å². The smallest absolute Gasteiger partial charge is 0.274 e. The maximum absolute atomic E-state index is 12.9. The van der Waals surface area contributed by atoms with Gasteiger partial charge in [0.25, 0.3) is 11.5 Å². The van der Waals surface area contributed by atoms with Crippen LogP contribution in [0.3, 0.4) is 0 Å². The average Bonchev–Trinajstić information content (AvgIpc) is 3.28. The number of nitrogens with one attached hydrogen (secondary N) is 1. The van der Waals surface area contributed by atoms with Gasteiger partial charge in [0, 0.05) is 21.7 Å². The van der Waals surface area contributed by atoms with E-state index in [1.165, 1.54) is 33.4 Å². The van der Waals surface area contributed by atoms with E-state index in [0.29, 0.717) is 23.9 Å². The summed E-state index contributed by atoms with van der Waals surface area (Å²) < 4.78 is 2.81. The molecule has 3 aromatic carbocycles. The summed E-state index contributed by atoms with van der Waals surface area (Å²) in [4.78, 5) is 30.2. The molecule has 0 saturated heterocycles. The molecule has 32 heavy (non-hydrogen) atoms. The SMILES string of the molecule is O=C(NO)c1ccc2ncn(CCc3cccc(-c4cc5ccccc5s4)c3)c(=O)c2c1. The van der Waals surface area contributed by atoms with E-state index in [1.54, 1.807) is 27.5 Å². The molecule has 6 nitrogen and oxygen atoms in total. The average molecular weight is 442 g/mol. The first-order valence-electron chi connectivity index (χ1n) is 10.1. The van der Waals surface area contributed by atoms with E-state index in [4.69, 9.17) is 5.21 Å². The molecule has 0 saturated carbocycles. The zero-order valence-corrected chi connectivity index (χ0v) is 17.8. The molecule has 5 rings (SSSR count). The molecule has 0 aliphatic carbocycles. The van der Waals surface area contributed by atoms with Crippen molar-refractivity contribution < 1.29 is 10.0 Å². The Labute approximate surface area is 187 Å². The molecule has 0 bridgehead atoms. The molecular weight excluding hydrogens is 422 g/mol. The van der Waals surface area contributed by atoms with Crippen molar-refractivity contribution in [3.63, 3.8) is 0 Å². The molecule has 0 aliphatic rings. The Hall–Kier alpha value is -3.81. The first-order chi connectivity index (χ1) is 15.6. The topological polar surface area (TPSA) is 84.2 Å². The van der Waals surface area contributed by atoms with Gasteiger partial charge >= 0.3 is 0 Å². The Kier molecular flexibility index (Phi) is 5.26. The summed E-state index contributed by atoms with van der Waals surface area (Å²) in [5.41, 5.74) is 4.36. The lowest BCUT2D eigenvalue weighted by atomic mass is 10.1. The van der Waals surface area contributed by atoms with Gasteiger partial charge in [-0.3, -0.25) is 19.4 Å². The van der Waals surface area contributed by atoms with E-state index in [2.05, 4.69) is 41.4 Å². The van der Waals surface area contributed by atoms with Crippen molar-refractivity contribution in [3.8, 4) is 10.4 Å². The summed E-state index contributed by atoms with van der Waals surface area (Å²) in [7, 11) is 0. The minimum Gasteiger partial charge on any atom is -0.298 e. The monoisotopic (exact) mass is 441 g/mol. The van der Waals surface area contributed by atoms with Crippen molar-refractivity contribution in [2.75, 3.05) is 0 Å². The molecule has 1 amide bonds. The number of aromatic nitrogens is 2. The number of aryl methyl sites for hydroxylation is 2. The van der Waals surface area contributed by atoms with E-state index in [9.17, 15) is 9.59 Å². The number of rotatable bonds is 5. The molecule has 2 aromatic heterocycles. The first kappa shape index (κ1) is 20.1. The molecule has 0 aliphatic heterocycles. The van der Waals surface area contributed by atoms with Crippen LogP contribution in [0.4, 0.5) is 0 Å². The number of hydrogen-bond donors (Lipinski definition) is 2. The third-order valence-electron chi connectivity index (χ3n) is 5.47. The normalized spacial score (nSPS) is 11.2. The third-order valence-corrected chi connectivity index (χ3v) is 6.63. The highest BCUT2D eigenvalue weighted by atomic mass is 32.1. The number of thiophene rings is 1. The Balaban J connectivity index is 1.41. The Morgan fingerprint density at radius 2 is 1.91 bits per heavy atom. The zero-order chi connectivity index (χ0) is 22.1. The standard InChI is InChI=1S/C25H19N3O3S/c29-24(27-31)19-8-9-21-20(13-19)25(30)28(15-26-21)11-10-16-4-3-6-17(12-16)23-14-18-5-1-2-7-22(18)32-23/h1-9,12-15,31H,10-11H2,(H,27,29). The number of fused-ring (bicyclic) bond motifs is 2. The van der Waals surface area contributed by atoms with Crippen LogP contribution in [-0.4, -0.2) is 20.7 Å². The number of amides is 1. The van der Waals surface area contributed by atoms with Crippen LogP contribution in [0.2, 0.25) is 0 Å². The van der Waals surface area contributed by atoms with Crippen molar-refractivity contribution in [2.24, 2.45) is 0 Å². The lowest BCUT2D eigenvalue weighted by Gasteiger charge is -2.08. The van der Waals surface area contributed by atoms with Gasteiger partial charge in [-0.2, -0.15) is 0 Å². The molecule has 0 fully saturated rings. The van der Waals surface area contributed by atoms with Crippen LogP contribution in [0.15, 0.2) is 83.9 Å². The second-order valence-corrected chi connectivity index (χ2v) is 8.60. The second kappa shape index (κ2) is 8.37. The second-order valence-electron chi connectivity index (χ2n) is 7.51. The summed E-state index contributed by atoms with van der Waals surface area (Å²) in [6, 6.07) is 23.5. The molecule has 7 heteroatoms. The summed E-state index contributed by atoms with van der Waals surface area (Å²) >= 11 is 1.77. The molecule has 0 radical (unpaired) electrons. The van der Waals surface area contributed by atoms with Gasteiger partial charge in [-0.1, -0.05) is 42.5 Å². The maximum Gasteiger partial charge on any atom is 0.274 e. The summed E-state index contributed by atoms with van der Waals surface area (Å²) in [5, 5.41) is 10.4. The fourth-order valence-corrected chi connectivity index (χ4v) is 4.84. The van der Waals surface area contributed by atoms with E-state index in [-0.39, 0.29) is 11.1 Å². The highest BCUT2D eigenvalue weighted by Crippen LogP contribution is 2.33. The van der Waals surface area contributed by atoms with Crippen LogP contribution in [0.25, 0.3) is 31.4 Å². The summed E-state index contributed by atoms with van der Waals surface area (Å²) in [6.45, 7) is 0.466. The van der Waals surface area contributed by atoms with Crippen LogP contribution in [0, 0.1) is 0 Å². The molecule has 0 atom stereocenters. The molecule has 0 spiro atoms. The van der Waals surface area contributed by atoms with Gasteiger partial charge < -0.3 is 0 Å².